The molecule has 1 rings (SSSR count). The molecule has 0 bridgehead atoms. The fraction of sp³-hybridized carbons (Fsp3) is 0.650. The normalized spacial score (nSPS) is 16.0. The molecule has 0 radical (unpaired) electrons. The van der Waals surface area contributed by atoms with E-state index in [1.807, 2.05) is 17.4 Å². The molecule has 0 aliphatic carbocycles. The van der Waals surface area contributed by atoms with Crippen LogP contribution < -0.4 is 0 Å². The van der Waals surface area contributed by atoms with Crippen molar-refractivity contribution in [3.8, 4) is 0 Å². The minimum absolute atomic E-state index is 0.0663. The summed E-state index contributed by atoms with van der Waals surface area (Å²) in [5.41, 5.74) is 2.44. The average molecular weight is 338 g/mol. The topological polar surface area (TPSA) is 20.3 Å². The van der Waals surface area contributed by atoms with Crippen LogP contribution in [0, 0.1) is 5.41 Å². The van der Waals surface area contributed by atoms with E-state index >= 15 is 0 Å². The molecular weight excluding hydrogens is 302 g/mol. The molecule has 2 nitrogen and oxygen atoms in total. The van der Waals surface area contributed by atoms with E-state index in [0.29, 0.717) is 5.92 Å². The van der Waals surface area contributed by atoms with E-state index in [4.69, 9.17) is 0 Å². The van der Waals surface area contributed by atoms with Gasteiger partial charge in [0, 0.05) is 11.4 Å². The number of rotatable bonds is 4. The Morgan fingerprint density at radius 1 is 1.13 bits per heavy atom. The number of hydrogen-bond acceptors (Lipinski definition) is 1. The Labute approximate surface area is 144 Å². The maximum atomic E-state index is 13.5. The molecule has 1 unspecified atom stereocenters. The van der Waals surface area contributed by atoms with E-state index in [0.717, 1.165) is 17.0 Å². The van der Waals surface area contributed by atoms with Crippen molar-refractivity contribution in [2.45, 2.75) is 71.6 Å². The van der Waals surface area contributed by atoms with Crippen LogP contribution in [0.3, 0.4) is 0 Å². The summed E-state index contributed by atoms with van der Waals surface area (Å²) in [5.74, 6) is 4.58. The van der Waals surface area contributed by atoms with Gasteiger partial charge in [0.1, 0.15) is 0 Å². The fourth-order valence-electron chi connectivity index (χ4n) is 2.71. The first-order chi connectivity index (χ1) is 10.2. The van der Waals surface area contributed by atoms with Crippen molar-refractivity contribution in [1.82, 2.24) is 4.31 Å². The Bertz CT molecular complexity index is 643. The zero-order chi connectivity index (χ0) is 18.2. The van der Waals surface area contributed by atoms with E-state index < -0.39 is 9.71 Å². The lowest BCUT2D eigenvalue weighted by molar-refractivity contribution is 0.319. The summed E-state index contributed by atoms with van der Waals surface area (Å²) in [6.45, 7) is 18.1. The van der Waals surface area contributed by atoms with Crippen molar-refractivity contribution in [2.75, 3.05) is 13.6 Å². The van der Waals surface area contributed by atoms with Crippen molar-refractivity contribution in [2.24, 2.45) is 5.41 Å². The largest absolute Gasteiger partial charge is 0.248 e. The Morgan fingerprint density at radius 3 is 2.04 bits per heavy atom. The molecule has 0 amide bonds. The zero-order valence-electron chi connectivity index (χ0n) is 16.5. The molecule has 0 fully saturated rings. The summed E-state index contributed by atoms with van der Waals surface area (Å²) in [4.78, 5) is 0.876. The van der Waals surface area contributed by atoms with Gasteiger partial charge in [0.25, 0.3) is 0 Å². The quantitative estimate of drug-likeness (QED) is 0.702. The SMILES string of the molecule is C=S(=O)(c1ccc(C(C)C)cc1C(C)(C)C)N(C)CC(C)(C)C. The van der Waals surface area contributed by atoms with Crippen LogP contribution in [0.5, 0.6) is 0 Å². The molecule has 0 spiro atoms. The molecule has 0 aromatic heterocycles. The second-order valence-corrected chi connectivity index (χ2v) is 11.5. The lowest BCUT2D eigenvalue weighted by atomic mass is 9.85. The summed E-state index contributed by atoms with van der Waals surface area (Å²) in [6, 6.07) is 6.35. The van der Waals surface area contributed by atoms with Crippen LogP contribution in [-0.2, 0) is 15.1 Å². The van der Waals surface area contributed by atoms with Gasteiger partial charge >= 0.3 is 0 Å². The van der Waals surface area contributed by atoms with Crippen LogP contribution in [0.15, 0.2) is 23.1 Å². The molecule has 0 saturated heterocycles. The Kier molecular flexibility index (Phi) is 5.81. The van der Waals surface area contributed by atoms with Gasteiger partial charge in [-0.2, -0.15) is 0 Å². The van der Waals surface area contributed by atoms with Crippen LogP contribution in [0.4, 0.5) is 0 Å². The smallest absolute Gasteiger partial charge is 0.0559 e. The van der Waals surface area contributed by atoms with Gasteiger partial charge in [-0.25, -0.2) is 8.51 Å². The molecule has 0 saturated carbocycles. The van der Waals surface area contributed by atoms with Crippen LogP contribution in [0.1, 0.15) is 72.4 Å². The van der Waals surface area contributed by atoms with E-state index in [9.17, 15) is 4.21 Å². The van der Waals surface area contributed by atoms with Crippen molar-refractivity contribution in [1.29, 1.82) is 0 Å². The van der Waals surface area contributed by atoms with Gasteiger partial charge in [0.05, 0.1) is 9.71 Å². The van der Waals surface area contributed by atoms with Gasteiger partial charge in [0.2, 0.25) is 0 Å². The third-order valence-corrected chi connectivity index (χ3v) is 6.20. The molecule has 1 aromatic carbocycles. The van der Waals surface area contributed by atoms with Gasteiger partial charge in [-0.3, -0.25) is 0 Å². The van der Waals surface area contributed by atoms with Crippen LogP contribution >= 0.6 is 0 Å². The second-order valence-electron chi connectivity index (χ2n) is 9.15. The molecule has 0 aliphatic heterocycles. The molecule has 3 heteroatoms. The van der Waals surface area contributed by atoms with Crippen LogP contribution in [0.2, 0.25) is 0 Å². The molecule has 0 N–H and O–H groups in total. The molecule has 132 valence electrons. The first-order valence-electron chi connectivity index (χ1n) is 8.39. The number of nitrogens with zero attached hydrogens (tertiary/aromatic N) is 1. The maximum absolute atomic E-state index is 13.5. The summed E-state index contributed by atoms with van der Waals surface area (Å²) in [5, 5.41) is 0. The van der Waals surface area contributed by atoms with Gasteiger partial charge < -0.3 is 0 Å². The van der Waals surface area contributed by atoms with Gasteiger partial charge in [-0.05, 0) is 46.9 Å². The average Bonchev–Trinajstić information content (AvgIpc) is 2.34. The minimum Gasteiger partial charge on any atom is -0.248 e. The van der Waals surface area contributed by atoms with E-state index in [1.165, 1.54) is 5.56 Å². The second kappa shape index (κ2) is 6.60. The van der Waals surface area contributed by atoms with Crippen molar-refractivity contribution in [3.63, 3.8) is 0 Å². The fourth-order valence-corrected chi connectivity index (χ4v) is 4.63. The molecular formula is C20H35NOS. The first kappa shape index (κ1) is 20.2. The number of benzene rings is 1. The molecule has 1 aromatic rings. The molecule has 1 atom stereocenters. The highest BCUT2D eigenvalue weighted by Crippen LogP contribution is 2.33. The minimum atomic E-state index is -2.50. The molecule has 0 heterocycles. The van der Waals surface area contributed by atoms with Crippen molar-refractivity contribution >= 4 is 15.6 Å². The summed E-state index contributed by atoms with van der Waals surface area (Å²) in [7, 11) is -0.575. The first-order valence-corrected chi connectivity index (χ1v) is 10.1. The van der Waals surface area contributed by atoms with E-state index in [-0.39, 0.29) is 10.8 Å². The van der Waals surface area contributed by atoms with Gasteiger partial charge in [0.15, 0.2) is 0 Å². The summed E-state index contributed by atoms with van der Waals surface area (Å²) in [6.07, 6.45) is 0. The van der Waals surface area contributed by atoms with E-state index in [2.05, 4.69) is 73.4 Å². The summed E-state index contributed by atoms with van der Waals surface area (Å²) >= 11 is 0. The standard InChI is InChI=1S/C20H35NOS/c1-15(2)16-11-12-18(17(13-16)20(6,7)8)23(10,22)21(9)14-19(3,4)5/h11-13,15H,10,14H2,1-9H3. The zero-order valence-corrected chi connectivity index (χ0v) is 17.3. The highest BCUT2D eigenvalue weighted by atomic mass is 32.2. The molecule has 0 aliphatic rings. The Hall–Kier alpha value is -0.800. The third-order valence-electron chi connectivity index (χ3n) is 4.02. The van der Waals surface area contributed by atoms with Crippen molar-refractivity contribution < 1.29 is 4.21 Å². The van der Waals surface area contributed by atoms with Crippen LogP contribution in [-0.4, -0.2) is 28.0 Å². The van der Waals surface area contributed by atoms with E-state index in [1.54, 1.807) is 0 Å². The van der Waals surface area contributed by atoms with Crippen molar-refractivity contribution in [3.05, 3.63) is 29.3 Å². The maximum Gasteiger partial charge on any atom is 0.0559 e. The van der Waals surface area contributed by atoms with Crippen LogP contribution in [0.25, 0.3) is 0 Å². The lowest BCUT2D eigenvalue weighted by Gasteiger charge is -2.32. The Balaban J connectivity index is 3.47. The number of hydrogen-bond donors (Lipinski definition) is 0. The molecule has 23 heavy (non-hydrogen) atoms. The van der Waals surface area contributed by atoms with Gasteiger partial charge in [-0.1, -0.05) is 67.5 Å². The highest BCUT2D eigenvalue weighted by molar-refractivity contribution is 7.98. The Morgan fingerprint density at radius 2 is 1.65 bits per heavy atom. The predicted octanol–water partition coefficient (Wildman–Crippen LogP) is 5.08. The lowest BCUT2D eigenvalue weighted by Crippen LogP contribution is -2.35. The predicted molar refractivity (Wildman–Crippen MR) is 105 cm³/mol. The highest BCUT2D eigenvalue weighted by Gasteiger charge is 2.27. The summed E-state index contributed by atoms with van der Waals surface area (Å²) < 4.78 is 15.5. The van der Waals surface area contributed by atoms with Gasteiger partial charge in [-0.15, -0.1) is 0 Å². The monoisotopic (exact) mass is 337 g/mol. The third kappa shape index (κ3) is 5.09.